The summed E-state index contributed by atoms with van der Waals surface area (Å²) < 4.78 is 1.81. The monoisotopic (exact) mass is 366 g/mol. The number of rotatable bonds is 4. The van der Waals surface area contributed by atoms with Gasteiger partial charge in [0.2, 0.25) is 0 Å². The van der Waals surface area contributed by atoms with E-state index in [1.807, 2.05) is 63.6 Å². The fraction of sp³-hybridized carbons (Fsp3) is 0.300. The number of thiophene rings is 1. The summed E-state index contributed by atoms with van der Waals surface area (Å²) in [6.45, 7) is 6.61. The van der Waals surface area contributed by atoms with E-state index in [-0.39, 0.29) is 5.91 Å². The molecule has 1 saturated heterocycles. The molecule has 0 atom stereocenters. The predicted molar refractivity (Wildman–Crippen MR) is 105 cm³/mol. The first kappa shape index (κ1) is 17.0. The zero-order valence-electron chi connectivity index (χ0n) is 14.8. The molecule has 1 amide bonds. The van der Waals surface area contributed by atoms with Crippen LogP contribution >= 0.6 is 11.3 Å². The molecule has 6 heteroatoms. The van der Waals surface area contributed by atoms with E-state index in [0.29, 0.717) is 5.56 Å². The van der Waals surface area contributed by atoms with Gasteiger partial charge in [0.25, 0.3) is 5.91 Å². The minimum absolute atomic E-state index is 0.0753. The molecule has 0 unspecified atom stereocenters. The van der Waals surface area contributed by atoms with E-state index in [9.17, 15) is 4.79 Å². The van der Waals surface area contributed by atoms with E-state index in [2.05, 4.69) is 11.8 Å². The quantitative estimate of drug-likeness (QED) is 0.711. The third-order valence-electron chi connectivity index (χ3n) is 4.83. The summed E-state index contributed by atoms with van der Waals surface area (Å²) in [5.74, 6) is 0.0753. The number of aromatic nitrogens is 2. The van der Waals surface area contributed by atoms with Crippen LogP contribution in [-0.2, 0) is 0 Å². The molecule has 0 radical (unpaired) electrons. The maximum atomic E-state index is 13.2. The number of likely N-dealkylation sites (N-methyl/N-ethyl adjacent to an activating group) is 1. The first-order valence-electron chi connectivity index (χ1n) is 8.97. The lowest BCUT2D eigenvalue weighted by atomic mass is 10.1. The van der Waals surface area contributed by atoms with Crippen molar-refractivity contribution in [3.8, 4) is 16.3 Å². The molecule has 1 aliphatic rings. The number of para-hydroxylation sites is 1. The van der Waals surface area contributed by atoms with Crippen molar-refractivity contribution in [3.63, 3.8) is 0 Å². The second-order valence-electron chi connectivity index (χ2n) is 6.38. The van der Waals surface area contributed by atoms with Gasteiger partial charge in [-0.15, -0.1) is 11.3 Å². The van der Waals surface area contributed by atoms with Gasteiger partial charge >= 0.3 is 0 Å². The summed E-state index contributed by atoms with van der Waals surface area (Å²) in [6.07, 6.45) is 1.87. The Kier molecular flexibility index (Phi) is 4.86. The van der Waals surface area contributed by atoms with Crippen molar-refractivity contribution in [2.45, 2.75) is 6.92 Å². The Balaban J connectivity index is 1.68. The second-order valence-corrected chi connectivity index (χ2v) is 7.32. The number of hydrogen-bond acceptors (Lipinski definition) is 4. The lowest BCUT2D eigenvalue weighted by molar-refractivity contribution is 0.0644. The van der Waals surface area contributed by atoms with Crippen LogP contribution in [0, 0.1) is 0 Å². The largest absolute Gasteiger partial charge is 0.336 e. The molecule has 3 heterocycles. The molecule has 0 spiro atoms. The van der Waals surface area contributed by atoms with E-state index in [1.54, 1.807) is 11.3 Å². The molecule has 5 nitrogen and oxygen atoms in total. The van der Waals surface area contributed by atoms with Crippen LogP contribution in [0.1, 0.15) is 17.3 Å². The van der Waals surface area contributed by atoms with Gasteiger partial charge in [0.1, 0.15) is 5.69 Å². The van der Waals surface area contributed by atoms with Crippen LogP contribution in [0.3, 0.4) is 0 Å². The van der Waals surface area contributed by atoms with E-state index >= 15 is 0 Å². The Bertz CT molecular complexity index is 865. The molecule has 0 saturated carbocycles. The van der Waals surface area contributed by atoms with Crippen molar-refractivity contribution >= 4 is 17.2 Å². The number of carbonyl (C=O) groups is 1. The maximum Gasteiger partial charge on any atom is 0.257 e. The Hall–Kier alpha value is -2.44. The van der Waals surface area contributed by atoms with Crippen molar-refractivity contribution in [3.05, 3.63) is 59.6 Å². The molecule has 0 aliphatic carbocycles. The summed E-state index contributed by atoms with van der Waals surface area (Å²) in [6, 6.07) is 14.0. The highest BCUT2D eigenvalue weighted by molar-refractivity contribution is 7.13. The highest BCUT2D eigenvalue weighted by atomic mass is 32.1. The normalized spacial score (nSPS) is 15.3. The zero-order chi connectivity index (χ0) is 17.9. The topological polar surface area (TPSA) is 41.4 Å². The third kappa shape index (κ3) is 3.30. The van der Waals surface area contributed by atoms with Crippen molar-refractivity contribution < 1.29 is 4.79 Å². The molecule has 1 aromatic carbocycles. The van der Waals surface area contributed by atoms with Gasteiger partial charge in [-0.25, -0.2) is 4.68 Å². The first-order chi connectivity index (χ1) is 12.8. The molecule has 2 aromatic heterocycles. The summed E-state index contributed by atoms with van der Waals surface area (Å²) in [5, 5.41) is 6.76. The predicted octanol–water partition coefficient (Wildman–Crippen LogP) is 3.38. The van der Waals surface area contributed by atoms with Gasteiger partial charge in [-0.2, -0.15) is 5.10 Å². The number of amides is 1. The number of benzene rings is 1. The van der Waals surface area contributed by atoms with Gasteiger partial charge in [-0.05, 0) is 30.1 Å². The third-order valence-corrected chi connectivity index (χ3v) is 5.70. The minimum Gasteiger partial charge on any atom is -0.336 e. The van der Waals surface area contributed by atoms with Crippen LogP contribution < -0.4 is 0 Å². The first-order valence-corrected chi connectivity index (χ1v) is 9.85. The second kappa shape index (κ2) is 7.43. The number of hydrogen-bond donors (Lipinski definition) is 0. The van der Waals surface area contributed by atoms with Crippen LogP contribution in [0.5, 0.6) is 0 Å². The highest BCUT2D eigenvalue weighted by Crippen LogP contribution is 2.29. The van der Waals surface area contributed by atoms with Gasteiger partial charge in [-0.1, -0.05) is 31.2 Å². The van der Waals surface area contributed by atoms with Gasteiger partial charge in [-0.3, -0.25) is 4.79 Å². The highest BCUT2D eigenvalue weighted by Gasteiger charge is 2.26. The minimum atomic E-state index is 0.0753. The molecule has 0 N–H and O–H groups in total. The summed E-state index contributed by atoms with van der Waals surface area (Å²) >= 11 is 1.61. The van der Waals surface area contributed by atoms with Crippen LogP contribution in [0.2, 0.25) is 0 Å². The smallest absolute Gasteiger partial charge is 0.257 e. The maximum absolute atomic E-state index is 13.2. The molecule has 26 heavy (non-hydrogen) atoms. The summed E-state index contributed by atoms with van der Waals surface area (Å²) in [5.41, 5.74) is 2.41. The van der Waals surface area contributed by atoms with E-state index in [0.717, 1.165) is 49.0 Å². The van der Waals surface area contributed by atoms with Gasteiger partial charge in [0.05, 0.1) is 16.1 Å². The Morgan fingerprint density at radius 3 is 2.50 bits per heavy atom. The lowest BCUT2D eigenvalue weighted by Crippen LogP contribution is -2.48. The average Bonchev–Trinajstić information content (AvgIpc) is 3.38. The Morgan fingerprint density at radius 2 is 1.85 bits per heavy atom. The van der Waals surface area contributed by atoms with Crippen LogP contribution in [0.4, 0.5) is 0 Å². The fourth-order valence-electron chi connectivity index (χ4n) is 3.28. The van der Waals surface area contributed by atoms with Gasteiger partial charge in [0.15, 0.2) is 0 Å². The van der Waals surface area contributed by atoms with E-state index < -0.39 is 0 Å². The average molecular weight is 366 g/mol. The van der Waals surface area contributed by atoms with Crippen molar-refractivity contribution in [2.75, 3.05) is 32.7 Å². The van der Waals surface area contributed by atoms with E-state index in [4.69, 9.17) is 5.10 Å². The Morgan fingerprint density at radius 1 is 1.08 bits per heavy atom. The summed E-state index contributed by atoms with van der Waals surface area (Å²) in [4.78, 5) is 18.6. The van der Waals surface area contributed by atoms with Crippen molar-refractivity contribution in [1.82, 2.24) is 19.6 Å². The Labute approximate surface area is 157 Å². The molecule has 1 fully saturated rings. The number of carbonyl (C=O) groups excluding carboxylic acids is 1. The number of piperazine rings is 1. The molecule has 0 bridgehead atoms. The zero-order valence-corrected chi connectivity index (χ0v) is 15.7. The van der Waals surface area contributed by atoms with Crippen LogP contribution in [-0.4, -0.2) is 58.2 Å². The molecule has 4 rings (SSSR count). The fourth-order valence-corrected chi connectivity index (χ4v) is 4.00. The molecular formula is C20H22N4OS. The van der Waals surface area contributed by atoms with Crippen molar-refractivity contribution in [1.29, 1.82) is 0 Å². The van der Waals surface area contributed by atoms with Crippen molar-refractivity contribution in [2.24, 2.45) is 0 Å². The van der Waals surface area contributed by atoms with Gasteiger partial charge < -0.3 is 9.80 Å². The molecule has 3 aromatic rings. The molecule has 134 valence electrons. The number of nitrogens with zero attached hydrogens (tertiary/aromatic N) is 4. The molecule has 1 aliphatic heterocycles. The lowest BCUT2D eigenvalue weighted by Gasteiger charge is -2.34. The van der Waals surface area contributed by atoms with Crippen LogP contribution in [0.15, 0.2) is 54.0 Å². The van der Waals surface area contributed by atoms with E-state index in [1.165, 1.54) is 0 Å². The molecular weight excluding hydrogens is 344 g/mol. The van der Waals surface area contributed by atoms with Gasteiger partial charge in [0, 0.05) is 32.4 Å². The SMILES string of the molecule is CCN1CCN(C(=O)c2cn(-c3ccccc3)nc2-c2cccs2)CC1. The standard InChI is InChI=1S/C20H22N4OS/c1-2-22-10-12-23(13-11-22)20(25)17-15-24(16-7-4-3-5-8-16)21-19(17)18-9-6-14-26-18/h3-9,14-15H,2,10-13H2,1H3. The van der Waals surface area contributed by atoms with Crippen LogP contribution in [0.25, 0.3) is 16.3 Å². The summed E-state index contributed by atoms with van der Waals surface area (Å²) in [7, 11) is 0.